The third-order valence-electron chi connectivity index (χ3n) is 3.37. The summed E-state index contributed by atoms with van der Waals surface area (Å²) in [6, 6.07) is 5.45. The second-order valence-corrected chi connectivity index (χ2v) is 7.05. The fraction of sp³-hybridized carbons (Fsp3) is 0.308. The van der Waals surface area contributed by atoms with Crippen LogP contribution in [-0.4, -0.2) is 33.3 Å². The molecule has 0 radical (unpaired) electrons. The van der Waals surface area contributed by atoms with E-state index in [0.29, 0.717) is 35.1 Å². The number of anilines is 1. The average molecular weight is 313 g/mol. The van der Waals surface area contributed by atoms with Crippen LogP contribution in [0.25, 0.3) is 10.9 Å². The highest BCUT2D eigenvalue weighted by Gasteiger charge is 2.28. The lowest BCUT2D eigenvalue weighted by molar-refractivity contribution is 0.415. The van der Waals surface area contributed by atoms with Gasteiger partial charge < -0.3 is 4.74 Å². The highest BCUT2D eigenvalue weighted by atomic mass is 35.5. The quantitative estimate of drug-likeness (QED) is 0.853. The molecule has 1 aromatic carbocycles. The van der Waals surface area contributed by atoms with Gasteiger partial charge in [0.1, 0.15) is 11.6 Å². The van der Waals surface area contributed by atoms with E-state index in [1.54, 1.807) is 13.2 Å². The molecular formula is C13H13ClN2O3S. The fourth-order valence-electron chi connectivity index (χ4n) is 2.42. The Balaban J connectivity index is 2.23. The van der Waals surface area contributed by atoms with Crippen molar-refractivity contribution in [2.24, 2.45) is 0 Å². The molecule has 0 saturated carbocycles. The van der Waals surface area contributed by atoms with Crippen molar-refractivity contribution in [1.29, 1.82) is 0 Å². The van der Waals surface area contributed by atoms with Gasteiger partial charge in [0.15, 0.2) is 0 Å². The van der Waals surface area contributed by atoms with Gasteiger partial charge in [-0.1, -0.05) is 11.6 Å². The topological polar surface area (TPSA) is 59.5 Å². The second-order valence-electron chi connectivity index (χ2n) is 4.74. The number of halogens is 1. The van der Waals surface area contributed by atoms with Crippen LogP contribution in [0.5, 0.6) is 5.75 Å². The predicted octanol–water partition coefficient (Wildman–Crippen LogP) is 2.22. The molecule has 0 unspecified atom stereocenters. The summed E-state index contributed by atoms with van der Waals surface area (Å²) in [4.78, 5) is 4.45. The summed E-state index contributed by atoms with van der Waals surface area (Å²) in [5.74, 6) is 1.08. The molecule has 0 fully saturated rings. The molecule has 1 aliphatic heterocycles. The molecule has 0 amide bonds. The van der Waals surface area contributed by atoms with Crippen molar-refractivity contribution in [2.45, 2.75) is 6.42 Å². The van der Waals surface area contributed by atoms with Crippen LogP contribution in [0.3, 0.4) is 0 Å². The van der Waals surface area contributed by atoms with Crippen molar-refractivity contribution in [3.63, 3.8) is 0 Å². The minimum Gasteiger partial charge on any atom is -0.495 e. The number of pyridine rings is 1. The lowest BCUT2D eigenvalue weighted by atomic mass is 10.1. The minimum atomic E-state index is -3.29. The van der Waals surface area contributed by atoms with E-state index in [-0.39, 0.29) is 0 Å². The highest BCUT2D eigenvalue weighted by Crippen LogP contribution is 2.35. The van der Waals surface area contributed by atoms with Gasteiger partial charge in [-0.2, -0.15) is 0 Å². The lowest BCUT2D eigenvalue weighted by Crippen LogP contribution is -2.28. The molecule has 1 aromatic heterocycles. The molecule has 2 aromatic rings. The maximum Gasteiger partial charge on any atom is 0.233 e. The van der Waals surface area contributed by atoms with Crippen molar-refractivity contribution >= 4 is 38.3 Å². The number of hydrogen-bond donors (Lipinski definition) is 0. The Hall–Kier alpha value is -1.53. The Morgan fingerprint density at radius 2 is 2.10 bits per heavy atom. The largest absolute Gasteiger partial charge is 0.495 e. The summed E-state index contributed by atoms with van der Waals surface area (Å²) >= 11 is 6.08. The van der Waals surface area contributed by atoms with Crippen LogP contribution in [0.1, 0.15) is 5.56 Å². The van der Waals surface area contributed by atoms with E-state index in [4.69, 9.17) is 16.3 Å². The number of rotatable bonds is 2. The van der Waals surface area contributed by atoms with E-state index >= 15 is 0 Å². The lowest BCUT2D eigenvalue weighted by Gasteiger charge is -2.15. The molecule has 3 rings (SSSR count). The summed E-state index contributed by atoms with van der Waals surface area (Å²) < 4.78 is 30.0. The molecule has 0 bridgehead atoms. The average Bonchev–Trinajstić information content (AvgIpc) is 2.77. The van der Waals surface area contributed by atoms with Crippen LogP contribution in [0.4, 0.5) is 5.82 Å². The van der Waals surface area contributed by atoms with Crippen LogP contribution >= 0.6 is 11.6 Å². The Bertz CT molecular complexity index is 805. The molecule has 0 aliphatic carbocycles. The smallest absolute Gasteiger partial charge is 0.233 e. The molecule has 106 valence electrons. The molecule has 0 N–H and O–H groups in total. The molecule has 20 heavy (non-hydrogen) atoms. The number of ether oxygens (including phenoxy) is 1. The molecule has 1 aliphatic rings. The second kappa shape index (κ2) is 4.49. The predicted molar refractivity (Wildman–Crippen MR) is 79.2 cm³/mol. The maximum atomic E-state index is 11.7. The summed E-state index contributed by atoms with van der Waals surface area (Å²) in [5, 5.41) is 1.34. The molecule has 7 heteroatoms. The van der Waals surface area contributed by atoms with Gasteiger partial charge in [-0.3, -0.25) is 4.31 Å². The fourth-order valence-corrected chi connectivity index (χ4v) is 3.55. The molecule has 0 saturated heterocycles. The van der Waals surface area contributed by atoms with E-state index in [1.165, 1.54) is 10.6 Å². The summed E-state index contributed by atoms with van der Waals surface area (Å²) in [7, 11) is -1.74. The van der Waals surface area contributed by atoms with Crippen molar-refractivity contribution in [3.8, 4) is 5.75 Å². The first kappa shape index (κ1) is 13.5. The summed E-state index contributed by atoms with van der Waals surface area (Å²) in [6.07, 6.45) is 1.85. The van der Waals surface area contributed by atoms with Crippen molar-refractivity contribution in [1.82, 2.24) is 4.98 Å². The van der Waals surface area contributed by atoms with Crippen molar-refractivity contribution < 1.29 is 13.2 Å². The Morgan fingerprint density at radius 3 is 2.75 bits per heavy atom. The zero-order valence-electron chi connectivity index (χ0n) is 11.1. The van der Waals surface area contributed by atoms with E-state index < -0.39 is 10.0 Å². The van der Waals surface area contributed by atoms with Crippen LogP contribution in [-0.2, 0) is 16.4 Å². The van der Waals surface area contributed by atoms with Gasteiger partial charge >= 0.3 is 0 Å². The van der Waals surface area contributed by atoms with Gasteiger partial charge in [0.2, 0.25) is 10.0 Å². The number of hydrogen-bond acceptors (Lipinski definition) is 4. The molecule has 0 atom stereocenters. The van der Waals surface area contributed by atoms with Gasteiger partial charge in [0.25, 0.3) is 0 Å². The molecule has 0 spiro atoms. The van der Waals surface area contributed by atoms with E-state index in [0.717, 1.165) is 10.9 Å². The van der Waals surface area contributed by atoms with Crippen LogP contribution in [0.2, 0.25) is 5.02 Å². The third kappa shape index (κ3) is 2.09. The van der Waals surface area contributed by atoms with Gasteiger partial charge in [0, 0.05) is 11.9 Å². The summed E-state index contributed by atoms with van der Waals surface area (Å²) in [6.45, 7) is 0.433. The minimum absolute atomic E-state index is 0.433. The number of aromatic nitrogens is 1. The first-order valence-electron chi connectivity index (χ1n) is 6.05. The van der Waals surface area contributed by atoms with Crippen LogP contribution in [0.15, 0.2) is 18.2 Å². The zero-order chi connectivity index (χ0) is 14.5. The first-order chi connectivity index (χ1) is 9.40. The van der Waals surface area contributed by atoms with Gasteiger partial charge in [-0.15, -0.1) is 0 Å². The SMILES string of the molecule is COc1cc2cc3c(nc2cc1Cl)N(S(C)(=O)=O)CC3. The van der Waals surface area contributed by atoms with E-state index in [1.807, 2.05) is 12.1 Å². The first-order valence-corrected chi connectivity index (χ1v) is 8.27. The zero-order valence-corrected chi connectivity index (χ0v) is 12.6. The highest BCUT2D eigenvalue weighted by molar-refractivity contribution is 7.92. The Labute approximate surface area is 122 Å². The molecule has 5 nitrogen and oxygen atoms in total. The number of benzene rings is 1. The van der Waals surface area contributed by atoms with Crippen LogP contribution in [0, 0.1) is 0 Å². The number of methoxy groups -OCH3 is 1. The van der Waals surface area contributed by atoms with Crippen molar-refractivity contribution in [2.75, 3.05) is 24.2 Å². The van der Waals surface area contributed by atoms with Gasteiger partial charge in [0.05, 0.1) is 23.9 Å². The van der Waals surface area contributed by atoms with E-state index in [2.05, 4.69) is 4.98 Å². The van der Waals surface area contributed by atoms with Gasteiger partial charge in [-0.25, -0.2) is 13.4 Å². The summed E-state index contributed by atoms with van der Waals surface area (Å²) in [5.41, 5.74) is 1.58. The third-order valence-corrected chi connectivity index (χ3v) is 4.82. The van der Waals surface area contributed by atoms with Crippen molar-refractivity contribution in [3.05, 3.63) is 28.8 Å². The normalized spacial score (nSPS) is 14.7. The van der Waals surface area contributed by atoms with Gasteiger partial charge in [-0.05, 0) is 30.2 Å². The van der Waals surface area contributed by atoms with Crippen LogP contribution < -0.4 is 9.04 Å². The standard InChI is InChI=1S/C13H13ClN2O3S/c1-19-12-6-9-5-8-3-4-16(20(2,17)18)13(8)15-11(9)7-10(12)14/h5-7H,3-4H2,1-2H3. The Morgan fingerprint density at radius 1 is 1.35 bits per heavy atom. The Kier molecular flexibility index (Phi) is 3.02. The molecular weight excluding hydrogens is 300 g/mol. The monoisotopic (exact) mass is 312 g/mol. The maximum absolute atomic E-state index is 11.7. The van der Waals surface area contributed by atoms with E-state index in [9.17, 15) is 8.42 Å². The molecule has 2 heterocycles. The number of sulfonamides is 1. The number of nitrogens with zero attached hydrogens (tertiary/aromatic N) is 2. The number of fused-ring (bicyclic) bond motifs is 2.